The van der Waals surface area contributed by atoms with Crippen molar-refractivity contribution in [3.05, 3.63) is 29.3 Å². The molecule has 0 bridgehead atoms. The van der Waals surface area contributed by atoms with E-state index in [9.17, 15) is 4.79 Å². The van der Waals surface area contributed by atoms with Gasteiger partial charge in [-0.05, 0) is 44.5 Å². The van der Waals surface area contributed by atoms with E-state index in [0.717, 1.165) is 17.8 Å². The van der Waals surface area contributed by atoms with E-state index in [1.807, 2.05) is 39.0 Å². The zero-order chi connectivity index (χ0) is 13.3. The van der Waals surface area contributed by atoms with Gasteiger partial charge in [0.25, 0.3) is 0 Å². The molecule has 1 amide bonds. The molecular formula is C14H17N3O. The molecule has 0 aliphatic carbocycles. The Morgan fingerprint density at radius 2 is 2.17 bits per heavy atom. The van der Waals surface area contributed by atoms with Crippen molar-refractivity contribution in [3.63, 3.8) is 0 Å². The maximum Gasteiger partial charge on any atom is 0.245 e. The zero-order valence-electron chi connectivity index (χ0n) is 10.9. The standard InChI is InChI=1S/C14H17N3O/c1-10-8-12(5-4-11(10)9-15)17-7-6-16-13(18)14(17,2)3/h4-5,8H,6-7H2,1-3H3,(H,16,18). The summed E-state index contributed by atoms with van der Waals surface area (Å²) in [7, 11) is 0. The molecule has 1 saturated heterocycles. The second-order valence-electron chi connectivity index (χ2n) is 5.08. The highest BCUT2D eigenvalue weighted by Gasteiger charge is 2.37. The van der Waals surface area contributed by atoms with Crippen LogP contribution >= 0.6 is 0 Å². The van der Waals surface area contributed by atoms with Gasteiger partial charge in [-0.25, -0.2) is 0 Å². The van der Waals surface area contributed by atoms with E-state index in [1.165, 1.54) is 0 Å². The van der Waals surface area contributed by atoms with Gasteiger partial charge in [0.1, 0.15) is 5.54 Å². The van der Waals surface area contributed by atoms with E-state index in [4.69, 9.17) is 5.26 Å². The van der Waals surface area contributed by atoms with Gasteiger partial charge >= 0.3 is 0 Å². The first-order valence-corrected chi connectivity index (χ1v) is 6.03. The maximum atomic E-state index is 11.9. The number of nitrogens with one attached hydrogen (secondary N) is 1. The quantitative estimate of drug-likeness (QED) is 0.814. The van der Waals surface area contributed by atoms with Crippen LogP contribution in [0.5, 0.6) is 0 Å². The topological polar surface area (TPSA) is 56.1 Å². The number of benzene rings is 1. The van der Waals surface area contributed by atoms with E-state index >= 15 is 0 Å². The average Bonchev–Trinajstić information content (AvgIpc) is 2.32. The van der Waals surface area contributed by atoms with E-state index in [-0.39, 0.29) is 5.91 Å². The Morgan fingerprint density at radius 3 is 2.78 bits per heavy atom. The Labute approximate surface area is 107 Å². The fourth-order valence-electron chi connectivity index (χ4n) is 2.29. The summed E-state index contributed by atoms with van der Waals surface area (Å²) in [6.07, 6.45) is 0. The van der Waals surface area contributed by atoms with Crippen LogP contribution in [0.3, 0.4) is 0 Å². The molecule has 1 fully saturated rings. The van der Waals surface area contributed by atoms with Crippen molar-refractivity contribution in [3.8, 4) is 6.07 Å². The summed E-state index contributed by atoms with van der Waals surface area (Å²) in [4.78, 5) is 14.0. The number of carbonyl (C=O) groups is 1. The molecule has 1 aromatic carbocycles. The number of anilines is 1. The molecule has 0 aromatic heterocycles. The van der Waals surface area contributed by atoms with Crippen LogP contribution in [0.4, 0.5) is 5.69 Å². The predicted octanol–water partition coefficient (Wildman–Crippen LogP) is 1.58. The smallest absolute Gasteiger partial charge is 0.245 e. The molecule has 1 aliphatic heterocycles. The van der Waals surface area contributed by atoms with E-state index in [0.29, 0.717) is 12.1 Å². The number of aryl methyl sites for hydroxylation is 1. The highest BCUT2D eigenvalue weighted by molar-refractivity contribution is 5.90. The normalized spacial score (nSPS) is 18.1. The average molecular weight is 243 g/mol. The summed E-state index contributed by atoms with van der Waals surface area (Å²) in [5, 5.41) is 11.8. The summed E-state index contributed by atoms with van der Waals surface area (Å²) in [5.41, 5.74) is 2.06. The predicted molar refractivity (Wildman–Crippen MR) is 70.3 cm³/mol. The molecule has 0 radical (unpaired) electrons. The van der Waals surface area contributed by atoms with Crippen molar-refractivity contribution in [2.75, 3.05) is 18.0 Å². The van der Waals surface area contributed by atoms with Crippen LogP contribution in [0.15, 0.2) is 18.2 Å². The van der Waals surface area contributed by atoms with Crippen LogP contribution in [0, 0.1) is 18.3 Å². The van der Waals surface area contributed by atoms with Gasteiger partial charge in [0, 0.05) is 18.8 Å². The van der Waals surface area contributed by atoms with Gasteiger partial charge in [0.2, 0.25) is 5.91 Å². The minimum atomic E-state index is -0.557. The molecule has 94 valence electrons. The van der Waals surface area contributed by atoms with Crippen LogP contribution in [0.2, 0.25) is 0 Å². The van der Waals surface area contributed by atoms with Crippen molar-refractivity contribution < 1.29 is 4.79 Å². The number of nitrogens with zero attached hydrogens (tertiary/aromatic N) is 2. The lowest BCUT2D eigenvalue weighted by Crippen LogP contribution is -2.62. The molecule has 1 heterocycles. The largest absolute Gasteiger partial charge is 0.356 e. The maximum absolute atomic E-state index is 11.9. The van der Waals surface area contributed by atoms with Gasteiger partial charge in [-0.2, -0.15) is 5.26 Å². The Morgan fingerprint density at radius 1 is 1.44 bits per heavy atom. The Balaban J connectivity index is 2.40. The SMILES string of the molecule is Cc1cc(N2CCNC(=O)C2(C)C)ccc1C#N. The van der Waals surface area contributed by atoms with E-state index in [2.05, 4.69) is 16.3 Å². The van der Waals surface area contributed by atoms with Crippen LogP contribution in [0.1, 0.15) is 25.0 Å². The molecule has 2 rings (SSSR count). The highest BCUT2D eigenvalue weighted by Crippen LogP contribution is 2.27. The molecule has 0 unspecified atom stereocenters. The second kappa shape index (κ2) is 4.34. The Bertz CT molecular complexity index is 528. The molecule has 1 N–H and O–H groups in total. The van der Waals surface area contributed by atoms with Crippen LogP contribution in [0.25, 0.3) is 0 Å². The summed E-state index contributed by atoms with van der Waals surface area (Å²) >= 11 is 0. The molecule has 0 spiro atoms. The molecule has 18 heavy (non-hydrogen) atoms. The highest BCUT2D eigenvalue weighted by atomic mass is 16.2. The number of hydrogen-bond acceptors (Lipinski definition) is 3. The monoisotopic (exact) mass is 243 g/mol. The fraction of sp³-hybridized carbons (Fsp3) is 0.429. The van der Waals surface area contributed by atoms with Gasteiger partial charge < -0.3 is 10.2 Å². The van der Waals surface area contributed by atoms with E-state index in [1.54, 1.807) is 0 Å². The first-order valence-electron chi connectivity index (χ1n) is 6.03. The molecule has 0 atom stereocenters. The lowest BCUT2D eigenvalue weighted by atomic mass is 9.97. The number of hydrogen-bond donors (Lipinski definition) is 1. The third-order valence-corrected chi connectivity index (χ3v) is 3.49. The van der Waals surface area contributed by atoms with Crippen molar-refractivity contribution in [1.29, 1.82) is 5.26 Å². The van der Waals surface area contributed by atoms with Gasteiger partial charge in [-0.1, -0.05) is 0 Å². The van der Waals surface area contributed by atoms with Crippen molar-refractivity contribution in [1.82, 2.24) is 5.32 Å². The third-order valence-electron chi connectivity index (χ3n) is 3.49. The molecule has 1 aliphatic rings. The summed E-state index contributed by atoms with van der Waals surface area (Å²) in [5.74, 6) is 0.0377. The number of amides is 1. The molecular weight excluding hydrogens is 226 g/mol. The number of rotatable bonds is 1. The first kappa shape index (κ1) is 12.4. The zero-order valence-corrected chi connectivity index (χ0v) is 10.9. The van der Waals surface area contributed by atoms with Crippen LogP contribution in [-0.4, -0.2) is 24.5 Å². The molecule has 4 heteroatoms. The van der Waals surface area contributed by atoms with Crippen molar-refractivity contribution in [2.24, 2.45) is 0 Å². The third kappa shape index (κ3) is 1.92. The van der Waals surface area contributed by atoms with Gasteiger partial charge in [-0.15, -0.1) is 0 Å². The number of carbonyl (C=O) groups excluding carboxylic acids is 1. The summed E-state index contributed by atoms with van der Waals surface area (Å²) < 4.78 is 0. The lowest BCUT2D eigenvalue weighted by Gasteiger charge is -2.43. The minimum Gasteiger partial charge on any atom is -0.356 e. The van der Waals surface area contributed by atoms with E-state index < -0.39 is 5.54 Å². The van der Waals surface area contributed by atoms with Crippen LogP contribution in [-0.2, 0) is 4.79 Å². The first-order chi connectivity index (χ1) is 8.46. The van der Waals surface area contributed by atoms with Crippen molar-refractivity contribution in [2.45, 2.75) is 26.3 Å². The second-order valence-corrected chi connectivity index (χ2v) is 5.08. The number of piperazine rings is 1. The molecule has 4 nitrogen and oxygen atoms in total. The Kier molecular flexibility index (Phi) is 3.00. The number of nitriles is 1. The van der Waals surface area contributed by atoms with Crippen molar-refractivity contribution >= 4 is 11.6 Å². The van der Waals surface area contributed by atoms with Gasteiger partial charge in [0.05, 0.1) is 11.6 Å². The fourth-order valence-corrected chi connectivity index (χ4v) is 2.29. The molecule has 1 aromatic rings. The lowest BCUT2D eigenvalue weighted by molar-refractivity contribution is -0.126. The summed E-state index contributed by atoms with van der Waals surface area (Å²) in [6, 6.07) is 7.85. The summed E-state index contributed by atoms with van der Waals surface area (Å²) in [6.45, 7) is 7.18. The Hall–Kier alpha value is -2.02. The van der Waals surface area contributed by atoms with Gasteiger partial charge in [0.15, 0.2) is 0 Å². The van der Waals surface area contributed by atoms with Gasteiger partial charge in [-0.3, -0.25) is 4.79 Å². The molecule has 0 saturated carbocycles. The minimum absolute atomic E-state index is 0.0377. The van der Waals surface area contributed by atoms with Crippen LogP contribution < -0.4 is 10.2 Å².